The smallest absolute Gasteiger partial charge is 0.249 e. The number of primary sulfonamides is 1. The highest BCUT2D eigenvalue weighted by Gasteiger charge is 2.20. The maximum absolute atomic E-state index is 11.7. The Labute approximate surface area is 144 Å². The zero-order chi connectivity index (χ0) is 17.2. The summed E-state index contributed by atoms with van der Waals surface area (Å²) in [5, 5.41) is 8.66. The summed E-state index contributed by atoms with van der Waals surface area (Å²) in [6.07, 6.45) is 2.81. The van der Waals surface area contributed by atoms with Crippen LogP contribution in [0.4, 0.5) is 5.13 Å². The van der Waals surface area contributed by atoms with Crippen molar-refractivity contribution in [3.63, 3.8) is 0 Å². The average Bonchev–Trinajstić information content (AvgIpc) is 3.15. The lowest BCUT2D eigenvalue weighted by molar-refractivity contribution is -0.128. The Morgan fingerprint density at radius 1 is 1.33 bits per heavy atom. The lowest BCUT2D eigenvalue weighted by Crippen LogP contribution is -2.23. The van der Waals surface area contributed by atoms with Gasteiger partial charge in [0.1, 0.15) is 0 Å². The third kappa shape index (κ3) is 4.11. The molecule has 1 aromatic carbocycles. The summed E-state index contributed by atoms with van der Waals surface area (Å²) in [5.74, 6) is 0.205. The summed E-state index contributed by atoms with van der Waals surface area (Å²) in [6, 6.07) is 7.95. The zero-order valence-corrected chi connectivity index (χ0v) is 14.6. The number of hydrogen-bond donors (Lipinski definition) is 2. The van der Waals surface area contributed by atoms with Gasteiger partial charge in [0, 0.05) is 26.1 Å². The zero-order valence-electron chi connectivity index (χ0n) is 12.9. The normalized spacial score (nSPS) is 15.0. The van der Waals surface area contributed by atoms with E-state index in [1.54, 1.807) is 0 Å². The molecule has 0 aliphatic carbocycles. The Kier molecular flexibility index (Phi) is 4.83. The summed E-state index contributed by atoms with van der Waals surface area (Å²) < 4.78 is 22.5. The van der Waals surface area contributed by atoms with E-state index in [-0.39, 0.29) is 10.1 Å². The molecule has 1 aliphatic heterocycles. The highest BCUT2D eigenvalue weighted by molar-refractivity contribution is 7.91. The first-order chi connectivity index (χ1) is 11.4. The Hall–Kier alpha value is -1.97. The van der Waals surface area contributed by atoms with Crippen LogP contribution in [0.1, 0.15) is 24.0 Å². The van der Waals surface area contributed by atoms with Gasteiger partial charge in [-0.25, -0.2) is 18.5 Å². The number of sulfonamides is 1. The van der Waals surface area contributed by atoms with E-state index >= 15 is 0 Å². The quantitative estimate of drug-likeness (QED) is 0.806. The van der Waals surface area contributed by atoms with Crippen LogP contribution in [0.2, 0.25) is 0 Å². The van der Waals surface area contributed by atoms with E-state index in [2.05, 4.69) is 10.3 Å². The summed E-state index contributed by atoms with van der Waals surface area (Å²) in [6.45, 7) is 1.95. The SMILES string of the molecule is NS(=O)(=O)c1cnc(NCc2cccc(CN3CCCC3=O)c2)s1. The predicted octanol–water partition coefficient (Wildman–Crippen LogP) is 1.52. The van der Waals surface area contributed by atoms with Gasteiger partial charge >= 0.3 is 0 Å². The topological polar surface area (TPSA) is 105 Å². The van der Waals surface area contributed by atoms with Crippen LogP contribution in [0, 0.1) is 0 Å². The van der Waals surface area contributed by atoms with E-state index in [0.717, 1.165) is 35.4 Å². The minimum absolute atomic E-state index is 0.0336. The first-order valence-electron chi connectivity index (χ1n) is 7.50. The van der Waals surface area contributed by atoms with Crippen molar-refractivity contribution in [2.75, 3.05) is 11.9 Å². The van der Waals surface area contributed by atoms with Gasteiger partial charge in [-0.15, -0.1) is 0 Å². The van der Waals surface area contributed by atoms with Gasteiger partial charge in [0.15, 0.2) is 9.34 Å². The number of likely N-dealkylation sites (tertiary alicyclic amines) is 1. The van der Waals surface area contributed by atoms with Gasteiger partial charge in [-0.2, -0.15) is 0 Å². The maximum atomic E-state index is 11.7. The Morgan fingerprint density at radius 3 is 2.79 bits per heavy atom. The molecular formula is C15H18N4O3S2. The van der Waals surface area contributed by atoms with Crippen LogP contribution in [0.5, 0.6) is 0 Å². The third-order valence-electron chi connectivity index (χ3n) is 3.74. The number of benzene rings is 1. The van der Waals surface area contributed by atoms with Crippen molar-refractivity contribution in [1.29, 1.82) is 0 Å². The molecule has 1 aliphatic rings. The number of carbonyl (C=O) groups excluding carboxylic acids is 1. The molecule has 0 bridgehead atoms. The molecule has 0 spiro atoms. The fraction of sp³-hybridized carbons (Fsp3) is 0.333. The van der Waals surface area contributed by atoms with E-state index in [1.807, 2.05) is 29.2 Å². The minimum Gasteiger partial charge on any atom is -0.357 e. The van der Waals surface area contributed by atoms with Crippen molar-refractivity contribution < 1.29 is 13.2 Å². The van der Waals surface area contributed by atoms with Gasteiger partial charge in [0.25, 0.3) is 0 Å². The summed E-state index contributed by atoms with van der Waals surface area (Å²) in [5.41, 5.74) is 2.11. The number of anilines is 1. The number of rotatable bonds is 6. The van der Waals surface area contributed by atoms with Gasteiger partial charge in [-0.1, -0.05) is 35.6 Å². The number of amides is 1. The Morgan fingerprint density at radius 2 is 2.12 bits per heavy atom. The lowest BCUT2D eigenvalue weighted by atomic mass is 10.1. The van der Waals surface area contributed by atoms with Crippen LogP contribution < -0.4 is 10.5 Å². The van der Waals surface area contributed by atoms with Crippen LogP contribution in [-0.2, 0) is 27.9 Å². The van der Waals surface area contributed by atoms with Gasteiger partial charge in [-0.3, -0.25) is 4.79 Å². The molecule has 1 amide bonds. The molecule has 3 N–H and O–H groups in total. The second-order valence-electron chi connectivity index (χ2n) is 5.62. The fourth-order valence-corrected chi connectivity index (χ4v) is 4.03. The number of carbonyl (C=O) groups is 1. The standard InChI is InChI=1S/C15H18N4O3S2/c16-24(21,22)14-9-18-15(23-14)17-8-11-3-1-4-12(7-11)10-19-6-2-5-13(19)20/h1,3-4,7,9H,2,5-6,8,10H2,(H,17,18)(H2,16,21,22). The van der Waals surface area contributed by atoms with Gasteiger partial charge in [-0.05, 0) is 17.5 Å². The number of hydrogen-bond acceptors (Lipinski definition) is 6. The van der Waals surface area contributed by atoms with Crippen molar-refractivity contribution >= 4 is 32.4 Å². The molecule has 24 heavy (non-hydrogen) atoms. The molecule has 2 aromatic rings. The Bertz CT molecular complexity index is 848. The molecule has 3 rings (SSSR count). The van der Waals surface area contributed by atoms with Crippen molar-refractivity contribution in [2.24, 2.45) is 5.14 Å². The van der Waals surface area contributed by atoms with Crippen molar-refractivity contribution in [1.82, 2.24) is 9.88 Å². The highest BCUT2D eigenvalue weighted by Crippen LogP contribution is 2.22. The van der Waals surface area contributed by atoms with Gasteiger partial charge in [0.05, 0.1) is 6.20 Å². The molecule has 1 fully saturated rings. The molecule has 0 unspecified atom stereocenters. The average molecular weight is 366 g/mol. The molecule has 0 saturated carbocycles. The number of thiazole rings is 1. The summed E-state index contributed by atoms with van der Waals surface area (Å²) in [7, 11) is -3.71. The van der Waals surface area contributed by atoms with E-state index < -0.39 is 10.0 Å². The van der Waals surface area contributed by atoms with E-state index in [4.69, 9.17) is 5.14 Å². The Balaban J connectivity index is 1.62. The number of nitrogens with one attached hydrogen (secondary N) is 1. The molecule has 2 heterocycles. The summed E-state index contributed by atoms with van der Waals surface area (Å²) in [4.78, 5) is 17.6. The van der Waals surface area contributed by atoms with E-state index in [9.17, 15) is 13.2 Å². The molecular weight excluding hydrogens is 348 g/mol. The second-order valence-corrected chi connectivity index (χ2v) is 8.44. The van der Waals surface area contributed by atoms with Crippen molar-refractivity contribution in [2.45, 2.75) is 30.1 Å². The maximum Gasteiger partial charge on any atom is 0.249 e. The number of nitrogens with zero attached hydrogens (tertiary/aromatic N) is 2. The lowest BCUT2D eigenvalue weighted by Gasteiger charge is -2.16. The predicted molar refractivity (Wildman–Crippen MR) is 91.9 cm³/mol. The first-order valence-corrected chi connectivity index (χ1v) is 9.86. The van der Waals surface area contributed by atoms with Crippen molar-refractivity contribution in [3.8, 4) is 0 Å². The van der Waals surface area contributed by atoms with E-state index in [1.165, 1.54) is 6.20 Å². The molecule has 1 saturated heterocycles. The summed E-state index contributed by atoms with van der Waals surface area (Å²) >= 11 is 1.00. The van der Waals surface area contributed by atoms with Crippen LogP contribution >= 0.6 is 11.3 Å². The number of nitrogens with two attached hydrogens (primary N) is 1. The molecule has 9 heteroatoms. The van der Waals surface area contributed by atoms with Crippen molar-refractivity contribution in [3.05, 3.63) is 41.6 Å². The first kappa shape index (κ1) is 16.9. The van der Waals surface area contributed by atoms with Crippen LogP contribution in [0.15, 0.2) is 34.7 Å². The highest BCUT2D eigenvalue weighted by atomic mass is 32.2. The second kappa shape index (κ2) is 6.88. The van der Waals surface area contributed by atoms with Crippen LogP contribution in [0.25, 0.3) is 0 Å². The molecule has 7 nitrogen and oxygen atoms in total. The van der Waals surface area contributed by atoms with Crippen LogP contribution in [0.3, 0.4) is 0 Å². The van der Waals surface area contributed by atoms with Gasteiger partial charge in [0.2, 0.25) is 15.9 Å². The molecule has 0 atom stereocenters. The fourth-order valence-electron chi connectivity index (χ4n) is 2.58. The largest absolute Gasteiger partial charge is 0.357 e. The van der Waals surface area contributed by atoms with Crippen LogP contribution in [-0.4, -0.2) is 30.8 Å². The number of aromatic nitrogens is 1. The molecule has 1 aromatic heterocycles. The van der Waals surface area contributed by atoms with Gasteiger partial charge < -0.3 is 10.2 Å². The third-order valence-corrected chi connectivity index (χ3v) is 6.11. The minimum atomic E-state index is -3.71. The molecule has 0 radical (unpaired) electrons. The molecule has 128 valence electrons. The monoisotopic (exact) mass is 366 g/mol. The van der Waals surface area contributed by atoms with E-state index in [0.29, 0.717) is 24.6 Å².